The number of aliphatic carboxylic acids is 1. The van der Waals surface area contributed by atoms with E-state index in [1.807, 2.05) is 66.8 Å². The van der Waals surface area contributed by atoms with Crippen LogP contribution in [0.4, 0.5) is 0 Å². The summed E-state index contributed by atoms with van der Waals surface area (Å²) in [6.07, 6.45) is 7.79. The van der Waals surface area contributed by atoms with Crippen molar-refractivity contribution in [2.45, 2.75) is 11.3 Å². The lowest BCUT2D eigenvalue weighted by Gasteiger charge is -2.40. The van der Waals surface area contributed by atoms with E-state index in [0.717, 1.165) is 22.3 Å². The average molecular weight is 300 g/mol. The highest BCUT2D eigenvalue weighted by atomic mass is 16.4. The van der Waals surface area contributed by atoms with Crippen LogP contribution in [0.1, 0.15) is 28.2 Å². The third-order valence-electron chi connectivity index (χ3n) is 4.91. The summed E-state index contributed by atoms with van der Waals surface area (Å²) in [7, 11) is 0. The molecule has 1 N–H and O–H groups in total. The number of benzene rings is 2. The van der Waals surface area contributed by atoms with Crippen molar-refractivity contribution < 1.29 is 9.90 Å². The molecule has 0 saturated heterocycles. The Morgan fingerprint density at radius 1 is 0.957 bits per heavy atom. The Balaban J connectivity index is 2.23. The molecule has 112 valence electrons. The zero-order chi connectivity index (χ0) is 16.0. The van der Waals surface area contributed by atoms with Gasteiger partial charge in [-0.3, -0.25) is 4.79 Å². The molecule has 2 aromatic rings. The van der Waals surface area contributed by atoms with Crippen LogP contribution in [0.15, 0.2) is 85.0 Å². The standard InChI is InChI=1S/C21H16O2/c1-14-8-2-3-9-15-16-10-4-6-12-18(16)21(14,20(22)23)19-13-7-5-11-17(15)19/h2-13,15H,1H2,(H,22,23)/b8-2-,9-3-. The molecule has 2 aliphatic rings. The van der Waals surface area contributed by atoms with Crippen molar-refractivity contribution in [3.05, 3.63) is 107 Å². The molecule has 0 unspecified atom stereocenters. The lowest BCUT2D eigenvalue weighted by Crippen LogP contribution is -2.42. The maximum Gasteiger partial charge on any atom is 0.323 e. The number of carboxylic acids is 1. The molecule has 0 aromatic heterocycles. The topological polar surface area (TPSA) is 37.3 Å². The zero-order valence-electron chi connectivity index (χ0n) is 12.6. The fraction of sp³-hybridized carbons (Fsp3) is 0.0952. The monoisotopic (exact) mass is 300 g/mol. The van der Waals surface area contributed by atoms with Gasteiger partial charge in [0, 0.05) is 5.92 Å². The second-order valence-corrected chi connectivity index (χ2v) is 5.98. The normalized spacial score (nSPS) is 27.1. The van der Waals surface area contributed by atoms with Gasteiger partial charge >= 0.3 is 5.97 Å². The number of carboxylic acid groups (broad SMARTS) is 1. The van der Waals surface area contributed by atoms with Crippen molar-refractivity contribution in [1.82, 2.24) is 0 Å². The Morgan fingerprint density at radius 3 is 2.09 bits per heavy atom. The van der Waals surface area contributed by atoms with Crippen LogP contribution in [-0.4, -0.2) is 11.1 Å². The molecule has 0 atom stereocenters. The van der Waals surface area contributed by atoms with Crippen LogP contribution in [0.3, 0.4) is 0 Å². The lowest BCUT2D eigenvalue weighted by atomic mass is 9.60. The van der Waals surface area contributed by atoms with Gasteiger partial charge in [-0.1, -0.05) is 79.4 Å². The van der Waals surface area contributed by atoms with E-state index in [-0.39, 0.29) is 5.92 Å². The Morgan fingerprint density at radius 2 is 1.52 bits per heavy atom. The predicted octanol–water partition coefficient (Wildman–Crippen LogP) is 4.18. The molecular weight excluding hydrogens is 284 g/mol. The van der Waals surface area contributed by atoms with E-state index >= 15 is 0 Å². The molecule has 0 saturated carbocycles. The molecule has 0 heterocycles. The summed E-state index contributed by atoms with van der Waals surface area (Å²) in [4.78, 5) is 12.5. The molecule has 4 rings (SSSR count). The molecule has 2 nitrogen and oxygen atoms in total. The number of allylic oxidation sites excluding steroid dienone is 4. The van der Waals surface area contributed by atoms with Crippen LogP contribution >= 0.6 is 0 Å². The molecule has 0 spiro atoms. The van der Waals surface area contributed by atoms with Gasteiger partial charge in [0.15, 0.2) is 0 Å². The summed E-state index contributed by atoms with van der Waals surface area (Å²) < 4.78 is 0. The minimum atomic E-state index is -1.23. The highest BCUT2D eigenvalue weighted by molar-refractivity contribution is 5.94. The molecule has 2 aromatic carbocycles. The Labute approximate surface area is 135 Å². The molecule has 23 heavy (non-hydrogen) atoms. The van der Waals surface area contributed by atoms with Gasteiger partial charge in [0.05, 0.1) is 0 Å². The highest BCUT2D eigenvalue weighted by Crippen LogP contribution is 2.51. The second-order valence-electron chi connectivity index (χ2n) is 5.98. The number of hydrogen-bond donors (Lipinski definition) is 1. The van der Waals surface area contributed by atoms with Crippen molar-refractivity contribution >= 4 is 5.97 Å². The van der Waals surface area contributed by atoms with E-state index in [1.54, 1.807) is 0 Å². The summed E-state index contributed by atoms with van der Waals surface area (Å²) in [5.74, 6) is -0.821. The van der Waals surface area contributed by atoms with Crippen LogP contribution in [-0.2, 0) is 10.2 Å². The fourth-order valence-corrected chi connectivity index (χ4v) is 3.93. The van der Waals surface area contributed by atoms with E-state index in [1.165, 1.54) is 0 Å². The fourth-order valence-electron chi connectivity index (χ4n) is 3.93. The first-order valence-corrected chi connectivity index (χ1v) is 7.64. The van der Waals surface area contributed by atoms with Crippen molar-refractivity contribution in [3.8, 4) is 0 Å². The van der Waals surface area contributed by atoms with E-state index in [9.17, 15) is 9.90 Å². The SMILES string of the molecule is C=C1/C=C\C=C/C2c3ccccc3C1(C(=O)O)c1ccccc12. The first-order valence-electron chi connectivity index (χ1n) is 7.64. The van der Waals surface area contributed by atoms with E-state index in [4.69, 9.17) is 0 Å². The van der Waals surface area contributed by atoms with Gasteiger partial charge in [-0.05, 0) is 27.8 Å². The van der Waals surface area contributed by atoms with E-state index in [0.29, 0.717) is 5.57 Å². The Hall–Kier alpha value is -2.87. The lowest BCUT2D eigenvalue weighted by molar-refractivity contribution is -0.140. The molecular formula is C21H16O2. The van der Waals surface area contributed by atoms with Crippen LogP contribution in [0.2, 0.25) is 0 Å². The van der Waals surface area contributed by atoms with Crippen LogP contribution in [0.25, 0.3) is 0 Å². The number of hydrogen-bond acceptors (Lipinski definition) is 1. The quantitative estimate of drug-likeness (QED) is 0.857. The molecule has 2 aliphatic carbocycles. The maximum absolute atomic E-state index is 12.5. The minimum absolute atomic E-state index is 0.0606. The average Bonchev–Trinajstić information content (AvgIpc) is 2.66. The van der Waals surface area contributed by atoms with Crippen molar-refractivity contribution in [2.24, 2.45) is 0 Å². The summed E-state index contributed by atoms with van der Waals surface area (Å²) >= 11 is 0. The predicted molar refractivity (Wildman–Crippen MR) is 90.6 cm³/mol. The highest BCUT2D eigenvalue weighted by Gasteiger charge is 2.50. The molecule has 0 fully saturated rings. The van der Waals surface area contributed by atoms with Gasteiger partial charge in [-0.2, -0.15) is 0 Å². The first-order chi connectivity index (χ1) is 11.2. The summed E-state index contributed by atoms with van der Waals surface area (Å²) in [6.45, 7) is 4.12. The van der Waals surface area contributed by atoms with Gasteiger partial charge in [-0.15, -0.1) is 0 Å². The molecule has 0 aliphatic heterocycles. The second kappa shape index (κ2) is 4.82. The van der Waals surface area contributed by atoms with Crippen molar-refractivity contribution in [2.75, 3.05) is 0 Å². The zero-order valence-corrected chi connectivity index (χ0v) is 12.6. The third-order valence-corrected chi connectivity index (χ3v) is 4.91. The number of fused-ring (bicyclic) bond motifs is 3. The largest absolute Gasteiger partial charge is 0.480 e. The van der Waals surface area contributed by atoms with E-state index in [2.05, 4.69) is 12.7 Å². The number of rotatable bonds is 1. The van der Waals surface area contributed by atoms with Gasteiger partial charge in [0.2, 0.25) is 0 Å². The van der Waals surface area contributed by atoms with Crippen molar-refractivity contribution in [3.63, 3.8) is 0 Å². The minimum Gasteiger partial charge on any atom is -0.480 e. The van der Waals surface area contributed by atoms with Gasteiger partial charge < -0.3 is 5.11 Å². The maximum atomic E-state index is 12.5. The molecule has 0 radical (unpaired) electrons. The van der Waals surface area contributed by atoms with E-state index < -0.39 is 11.4 Å². The molecule has 2 bridgehead atoms. The third kappa shape index (κ3) is 1.66. The van der Waals surface area contributed by atoms with Crippen molar-refractivity contribution in [1.29, 1.82) is 0 Å². The Kier molecular flexibility index (Phi) is 2.88. The summed E-state index contributed by atoms with van der Waals surface area (Å²) in [6, 6.07) is 15.6. The number of carbonyl (C=O) groups is 1. The molecule has 2 heteroatoms. The first kappa shape index (κ1) is 13.8. The summed E-state index contributed by atoms with van der Waals surface area (Å²) in [5.41, 5.74) is 3.06. The molecule has 0 amide bonds. The smallest absolute Gasteiger partial charge is 0.323 e. The van der Waals surface area contributed by atoms with Gasteiger partial charge in [0.1, 0.15) is 5.41 Å². The van der Waals surface area contributed by atoms with Gasteiger partial charge in [-0.25, -0.2) is 0 Å². The van der Waals surface area contributed by atoms with Crippen LogP contribution < -0.4 is 0 Å². The van der Waals surface area contributed by atoms with Gasteiger partial charge in [0.25, 0.3) is 0 Å². The van der Waals surface area contributed by atoms with Crippen LogP contribution in [0.5, 0.6) is 0 Å². The summed E-state index contributed by atoms with van der Waals surface area (Å²) in [5, 5.41) is 10.3. The van der Waals surface area contributed by atoms with Crippen LogP contribution in [0, 0.1) is 0 Å². The Bertz CT molecular complexity index is 839.